The van der Waals surface area contributed by atoms with E-state index < -0.39 is 16.6 Å². The van der Waals surface area contributed by atoms with Crippen molar-refractivity contribution in [3.63, 3.8) is 0 Å². The largest absolute Gasteiger partial charge is 0.493 e. The zero-order valence-corrected chi connectivity index (χ0v) is 20.5. The Kier molecular flexibility index (Phi) is 8.06. The molecule has 1 aliphatic heterocycles. The van der Waals surface area contributed by atoms with E-state index in [1.807, 2.05) is 44.2 Å². The Balaban J connectivity index is 0.00000256. The van der Waals surface area contributed by atoms with Crippen molar-refractivity contribution in [3.8, 4) is 5.75 Å². The van der Waals surface area contributed by atoms with Crippen molar-refractivity contribution in [1.29, 1.82) is 0 Å². The van der Waals surface area contributed by atoms with Crippen LogP contribution in [0.4, 0.5) is 0 Å². The van der Waals surface area contributed by atoms with Crippen LogP contribution in [-0.4, -0.2) is 74.3 Å². The van der Waals surface area contributed by atoms with Gasteiger partial charge in [-0.3, -0.25) is 9.19 Å². The number of pyridine rings is 1. The third-order valence-corrected chi connectivity index (χ3v) is 6.19. The quantitative estimate of drug-likeness (QED) is 0.571. The molecule has 1 saturated heterocycles. The van der Waals surface area contributed by atoms with E-state index in [4.69, 9.17) is 14.2 Å². The van der Waals surface area contributed by atoms with Crippen LogP contribution in [0.25, 0.3) is 11.0 Å². The van der Waals surface area contributed by atoms with E-state index in [1.165, 1.54) is 0 Å². The SMILES string of the molecule is Cc1c(OCCC2(C)OCCCO2)ccnc1CS(=O)c1nc2ccccc2[nH]1.[Na]. The first-order valence-corrected chi connectivity index (χ1v) is 11.0. The van der Waals surface area contributed by atoms with E-state index >= 15 is 0 Å². The Morgan fingerprint density at radius 1 is 1.23 bits per heavy atom. The normalized spacial score (nSPS) is 16.7. The molecule has 30 heavy (non-hydrogen) atoms. The Hall–Kier alpha value is -1.29. The Bertz CT molecular complexity index is 987. The molecule has 1 aliphatic rings. The molecule has 3 heterocycles. The molecule has 1 aromatic carbocycles. The van der Waals surface area contributed by atoms with Gasteiger partial charge in [0.25, 0.3) is 0 Å². The van der Waals surface area contributed by atoms with Gasteiger partial charge in [-0.2, -0.15) is 0 Å². The summed E-state index contributed by atoms with van der Waals surface area (Å²) in [6.45, 7) is 5.76. The predicted octanol–water partition coefficient (Wildman–Crippen LogP) is 3.12. The number of hydrogen-bond acceptors (Lipinski definition) is 6. The summed E-state index contributed by atoms with van der Waals surface area (Å²) in [7, 11) is -1.33. The van der Waals surface area contributed by atoms with Crippen LogP contribution in [-0.2, 0) is 26.0 Å². The van der Waals surface area contributed by atoms with Crippen molar-refractivity contribution in [2.45, 2.75) is 43.4 Å². The molecule has 155 valence electrons. The summed E-state index contributed by atoms with van der Waals surface area (Å²) in [6, 6.07) is 9.47. The van der Waals surface area contributed by atoms with Crippen molar-refractivity contribution in [3.05, 3.63) is 47.8 Å². The van der Waals surface area contributed by atoms with Crippen molar-refractivity contribution in [2.24, 2.45) is 0 Å². The van der Waals surface area contributed by atoms with Gasteiger partial charge in [-0.1, -0.05) is 12.1 Å². The fraction of sp³-hybridized carbons (Fsp3) is 0.429. The van der Waals surface area contributed by atoms with E-state index in [2.05, 4.69) is 15.0 Å². The Morgan fingerprint density at radius 3 is 2.77 bits per heavy atom. The summed E-state index contributed by atoms with van der Waals surface area (Å²) >= 11 is 0. The molecule has 2 aromatic heterocycles. The molecule has 0 saturated carbocycles. The number of nitrogens with one attached hydrogen (secondary N) is 1. The second kappa shape index (κ2) is 10.3. The fourth-order valence-electron chi connectivity index (χ4n) is 3.26. The average Bonchev–Trinajstić information content (AvgIpc) is 3.16. The third-order valence-electron chi connectivity index (χ3n) is 5.03. The minimum absolute atomic E-state index is 0. The van der Waals surface area contributed by atoms with Gasteiger partial charge >= 0.3 is 0 Å². The Morgan fingerprint density at radius 2 is 2.00 bits per heavy atom. The van der Waals surface area contributed by atoms with E-state index in [0.29, 0.717) is 31.4 Å². The van der Waals surface area contributed by atoms with E-state index in [0.717, 1.165) is 34.5 Å². The molecule has 0 spiro atoms. The zero-order chi connectivity index (χ0) is 20.3. The summed E-state index contributed by atoms with van der Waals surface area (Å²) in [4.78, 5) is 12.0. The summed E-state index contributed by atoms with van der Waals surface area (Å²) in [5.74, 6) is 0.411. The third kappa shape index (κ3) is 5.49. The minimum Gasteiger partial charge on any atom is -0.493 e. The molecule has 1 unspecified atom stereocenters. The first-order chi connectivity index (χ1) is 14.0. The molecule has 1 fully saturated rings. The number of nitrogens with zero attached hydrogens (tertiary/aromatic N) is 2. The number of rotatable bonds is 7. The van der Waals surface area contributed by atoms with Crippen molar-refractivity contribution >= 4 is 51.4 Å². The summed E-state index contributed by atoms with van der Waals surface area (Å²) < 4.78 is 30.2. The molecule has 1 radical (unpaired) electrons. The van der Waals surface area contributed by atoms with E-state index in [9.17, 15) is 4.21 Å². The van der Waals surface area contributed by atoms with Crippen LogP contribution in [0.3, 0.4) is 0 Å². The smallest absolute Gasteiger partial charge is 0.197 e. The van der Waals surface area contributed by atoms with Crippen LogP contribution in [0.5, 0.6) is 5.75 Å². The molecule has 9 heteroatoms. The second-order valence-corrected chi connectivity index (χ2v) is 8.58. The van der Waals surface area contributed by atoms with Crippen molar-refractivity contribution < 1.29 is 18.4 Å². The topological polar surface area (TPSA) is 86.3 Å². The number of aromatic nitrogens is 3. The van der Waals surface area contributed by atoms with Gasteiger partial charge in [0.05, 0.1) is 53.1 Å². The molecule has 4 rings (SSSR count). The van der Waals surface area contributed by atoms with Crippen molar-refractivity contribution in [1.82, 2.24) is 15.0 Å². The molecule has 0 amide bonds. The van der Waals surface area contributed by atoms with Gasteiger partial charge < -0.3 is 19.2 Å². The number of imidazole rings is 1. The van der Waals surface area contributed by atoms with Crippen LogP contribution in [0.2, 0.25) is 0 Å². The second-order valence-electron chi connectivity index (χ2n) is 7.21. The summed E-state index contributed by atoms with van der Waals surface area (Å²) in [6.07, 6.45) is 3.24. The van der Waals surface area contributed by atoms with Gasteiger partial charge in [-0.05, 0) is 38.5 Å². The maximum atomic E-state index is 12.8. The molecule has 7 nitrogen and oxygen atoms in total. The zero-order valence-electron chi connectivity index (χ0n) is 17.6. The number of aromatic amines is 1. The molecule has 1 N–H and O–H groups in total. The fourth-order valence-corrected chi connectivity index (χ4v) is 4.36. The van der Waals surface area contributed by atoms with Crippen LogP contribution >= 0.6 is 0 Å². The average molecular weight is 439 g/mol. The van der Waals surface area contributed by atoms with Gasteiger partial charge in [0.2, 0.25) is 0 Å². The molecule has 0 bridgehead atoms. The maximum absolute atomic E-state index is 12.8. The molecule has 3 aromatic rings. The summed E-state index contributed by atoms with van der Waals surface area (Å²) in [5.41, 5.74) is 3.29. The van der Waals surface area contributed by atoms with Gasteiger partial charge in [-0.25, -0.2) is 4.98 Å². The molecule has 0 aliphatic carbocycles. The number of fused-ring (bicyclic) bond motifs is 1. The standard InChI is InChI=1S/C21H25N3O4S.Na/c1-15-18(14-29(25)20-23-16-6-3-4-7-17(16)24-20)22-10-8-19(15)26-13-9-21(2)27-11-5-12-28-21;/h3-4,6-8,10H,5,9,11-14H2,1-2H3,(H,23,24);. The van der Waals surface area contributed by atoms with Gasteiger partial charge in [0.1, 0.15) is 5.75 Å². The molecule has 1 atom stereocenters. The molecular formula is C21H25N3NaO4S. The van der Waals surface area contributed by atoms with Crippen LogP contribution < -0.4 is 4.74 Å². The first-order valence-electron chi connectivity index (χ1n) is 9.72. The number of hydrogen-bond donors (Lipinski definition) is 1. The Labute approximate surface area is 200 Å². The monoisotopic (exact) mass is 438 g/mol. The maximum Gasteiger partial charge on any atom is 0.197 e. The number of ether oxygens (including phenoxy) is 3. The van der Waals surface area contributed by atoms with Crippen LogP contribution in [0.15, 0.2) is 41.7 Å². The minimum atomic E-state index is -1.33. The van der Waals surface area contributed by atoms with Gasteiger partial charge in [-0.15, -0.1) is 0 Å². The van der Waals surface area contributed by atoms with Crippen molar-refractivity contribution in [2.75, 3.05) is 19.8 Å². The first kappa shape index (κ1) is 23.4. The number of H-pyrrole nitrogens is 1. The number of benzene rings is 1. The number of para-hydroxylation sites is 2. The molecular weight excluding hydrogens is 413 g/mol. The van der Waals surface area contributed by atoms with E-state index in [1.54, 1.807) is 6.20 Å². The summed E-state index contributed by atoms with van der Waals surface area (Å²) in [5, 5.41) is 0.457. The van der Waals surface area contributed by atoms with Crippen LogP contribution in [0, 0.1) is 6.92 Å². The van der Waals surface area contributed by atoms with Gasteiger partial charge in [0.15, 0.2) is 10.9 Å². The van der Waals surface area contributed by atoms with E-state index in [-0.39, 0.29) is 35.3 Å². The van der Waals surface area contributed by atoms with Crippen LogP contribution in [0.1, 0.15) is 31.0 Å². The predicted molar refractivity (Wildman–Crippen MR) is 116 cm³/mol. The van der Waals surface area contributed by atoms with Gasteiger partial charge in [0, 0.05) is 47.7 Å².